The molecule has 1 aromatic rings. The summed E-state index contributed by atoms with van der Waals surface area (Å²) in [6, 6.07) is 6.56. The van der Waals surface area contributed by atoms with Crippen molar-refractivity contribution < 1.29 is 9.59 Å². The Hall–Kier alpha value is -1.16. The van der Waals surface area contributed by atoms with Crippen molar-refractivity contribution in [3.63, 3.8) is 0 Å². The highest BCUT2D eigenvalue weighted by molar-refractivity contribution is 9.10. The monoisotopic (exact) mass is 389 g/mol. The molecular formula is C20H24BrNO2. The number of fused-ring (bicyclic) bond motifs is 1. The van der Waals surface area contributed by atoms with Crippen LogP contribution < -0.4 is 4.90 Å². The molecule has 0 bridgehead atoms. The lowest BCUT2D eigenvalue weighted by Gasteiger charge is -2.56. The fourth-order valence-corrected chi connectivity index (χ4v) is 6.03. The Morgan fingerprint density at radius 2 is 2.04 bits per heavy atom. The second kappa shape index (κ2) is 5.69. The smallest absolute Gasteiger partial charge is 0.135 e. The number of hydrogen-bond donors (Lipinski definition) is 0. The van der Waals surface area contributed by atoms with Gasteiger partial charge in [0.15, 0.2) is 0 Å². The van der Waals surface area contributed by atoms with Crippen LogP contribution in [-0.4, -0.2) is 23.7 Å². The number of nitrogens with zero attached hydrogens (tertiary/aromatic N) is 1. The molecule has 4 rings (SSSR count). The molecule has 24 heavy (non-hydrogen) atoms. The van der Waals surface area contributed by atoms with Crippen molar-refractivity contribution in [3.8, 4) is 0 Å². The molecule has 2 aliphatic carbocycles. The van der Waals surface area contributed by atoms with E-state index in [1.807, 2.05) is 0 Å². The number of ketones is 2. The number of halogens is 1. The van der Waals surface area contributed by atoms with Crippen LogP contribution in [-0.2, 0) is 15.0 Å². The highest BCUT2D eigenvalue weighted by atomic mass is 79.9. The van der Waals surface area contributed by atoms with Crippen LogP contribution in [0.1, 0.15) is 63.9 Å². The van der Waals surface area contributed by atoms with Crippen LogP contribution in [0, 0.1) is 0 Å². The Morgan fingerprint density at radius 1 is 1.25 bits per heavy atom. The quantitative estimate of drug-likeness (QED) is 0.760. The Balaban J connectivity index is 1.89. The summed E-state index contributed by atoms with van der Waals surface area (Å²) in [7, 11) is 0. The third-order valence-corrected chi connectivity index (χ3v) is 7.12. The molecule has 0 N–H and O–H groups in total. The molecule has 0 saturated heterocycles. The summed E-state index contributed by atoms with van der Waals surface area (Å²) in [6.45, 7) is 2.40. The molecule has 128 valence electrons. The van der Waals surface area contributed by atoms with Crippen LogP contribution in [0.4, 0.5) is 5.69 Å². The lowest BCUT2D eigenvalue weighted by atomic mass is 9.53. The number of carbonyl (C=O) groups excluding carboxylic acids is 2. The first-order chi connectivity index (χ1) is 11.5. The zero-order chi connectivity index (χ0) is 16.9. The van der Waals surface area contributed by atoms with Gasteiger partial charge in [0.25, 0.3) is 0 Å². The minimum absolute atomic E-state index is 0.0923. The highest BCUT2D eigenvalue weighted by Crippen LogP contribution is 2.64. The summed E-state index contributed by atoms with van der Waals surface area (Å²) in [4.78, 5) is 26.5. The molecule has 0 spiro atoms. The van der Waals surface area contributed by atoms with Crippen LogP contribution in [0.2, 0.25) is 0 Å². The largest absolute Gasteiger partial charge is 0.364 e. The number of rotatable bonds is 3. The molecule has 0 unspecified atom stereocenters. The SMILES string of the molecule is CC(=O)CCN1c2ccc(Br)cc2[C@]23CCCC[C@]12CC(=O)CC3. The lowest BCUT2D eigenvalue weighted by Crippen LogP contribution is -2.63. The van der Waals surface area contributed by atoms with Gasteiger partial charge in [0.1, 0.15) is 11.6 Å². The maximum absolute atomic E-state index is 12.5. The molecule has 3 nitrogen and oxygen atoms in total. The van der Waals surface area contributed by atoms with Crippen molar-refractivity contribution in [2.24, 2.45) is 0 Å². The summed E-state index contributed by atoms with van der Waals surface area (Å²) >= 11 is 3.65. The third kappa shape index (κ3) is 2.15. The van der Waals surface area contributed by atoms with Gasteiger partial charge in [0.05, 0.1) is 5.54 Å². The van der Waals surface area contributed by atoms with Crippen molar-refractivity contribution in [2.75, 3.05) is 11.4 Å². The number of benzene rings is 1. The first-order valence-electron chi connectivity index (χ1n) is 9.07. The van der Waals surface area contributed by atoms with Crippen molar-refractivity contribution >= 4 is 33.2 Å². The van der Waals surface area contributed by atoms with E-state index in [1.54, 1.807) is 6.92 Å². The maximum Gasteiger partial charge on any atom is 0.135 e. The summed E-state index contributed by atoms with van der Waals surface area (Å²) in [5.41, 5.74) is 2.66. The summed E-state index contributed by atoms with van der Waals surface area (Å²) < 4.78 is 1.11. The van der Waals surface area contributed by atoms with Gasteiger partial charge in [-0.1, -0.05) is 28.8 Å². The average Bonchev–Trinajstić information content (AvgIpc) is 2.78. The second-order valence-corrected chi connectivity index (χ2v) is 8.72. The normalized spacial score (nSPS) is 31.4. The third-order valence-electron chi connectivity index (χ3n) is 6.62. The number of Topliss-reactive ketones (excluding diaryl/α,β-unsaturated/α-hetero) is 2. The topological polar surface area (TPSA) is 37.4 Å². The molecule has 2 fully saturated rings. The van der Waals surface area contributed by atoms with E-state index < -0.39 is 0 Å². The van der Waals surface area contributed by atoms with Gasteiger partial charge < -0.3 is 4.90 Å². The predicted molar refractivity (Wildman–Crippen MR) is 98.5 cm³/mol. The first kappa shape index (κ1) is 16.3. The number of hydrogen-bond acceptors (Lipinski definition) is 3. The van der Waals surface area contributed by atoms with Gasteiger partial charge >= 0.3 is 0 Å². The Kier molecular flexibility index (Phi) is 3.87. The van der Waals surface area contributed by atoms with Gasteiger partial charge in [-0.25, -0.2) is 0 Å². The van der Waals surface area contributed by atoms with Crippen LogP contribution in [0.5, 0.6) is 0 Å². The molecule has 0 radical (unpaired) electrons. The summed E-state index contributed by atoms with van der Waals surface area (Å²) in [5, 5.41) is 0. The van der Waals surface area contributed by atoms with Gasteiger partial charge in [-0.05, 0) is 49.9 Å². The summed E-state index contributed by atoms with van der Waals surface area (Å²) in [5.74, 6) is 0.618. The Bertz CT molecular complexity index is 716. The lowest BCUT2D eigenvalue weighted by molar-refractivity contribution is -0.124. The summed E-state index contributed by atoms with van der Waals surface area (Å²) in [6.07, 6.45) is 7.53. The standard InChI is InChI=1S/C20H24BrNO2/c1-14(23)7-11-22-18-5-4-15(21)12-17(18)19-8-2-3-9-20(19,22)13-16(24)6-10-19/h4-5,12H,2-3,6-11,13H2,1H3/t19-,20-/m1/s1. The molecule has 4 heteroatoms. The molecule has 2 atom stereocenters. The Morgan fingerprint density at radius 3 is 2.83 bits per heavy atom. The maximum atomic E-state index is 12.5. The molecule has 0 aromatic heterocycles. The molecule has 3 aliphatic rings. The van der Waals surface area contributed by atoms with Crippen LogP contribution >= 0.6 is 15.9 Å². The minimum Gasteiger partial charge on any atom is -0.364 e. The Labute approximate surface area is 151 Å². The molecule has 1 heterocycles. The molecule has 0 amide bonds. The van der Waals surface area contributed by atoms with Gasteiger partial charge in [-0.15, -0.1) is 0 Å². The fraction of sp³-hybridized carbons (Fsp3) is 0.600. The van der Waals surface area contributed by atoms with Gasteiger partial charge in [-0.2, -0.15) is 0 Å². The first-order valence-corrected chi connectivity index (χ1v) is 9.87. The number of anilines is 1. The van der Waals surface area contributed by atoms with E-state index in [4.69, 9.17) is 0 Å². The fourth-order valence-electron chi connectivity index (χ4n) is 5.67. The molecular weight excluding hydrogens is 366 g/mol. The second-order valence-electron chi connectivity index (χ2n) is 7.80. The zero-order valence-electron chi connectivity index (χ0n) is 14.2. The molecule has 1 aromatic carbocycles. The van der Waals surface area contributed by atoms with E-state index >= 15 is 0 Å². The van der Waals surface area contributed by atoms with E-state index in [9.17, 15) is 9.59 Å². The van der Waals surface area contributed by atoms with Crippen molar-refractivity contribution in [3.05, 3.63) is 28.2 Å². The van der Waals surface area contributed by atoms with Crippen molar-refractivity contribution in [1.82, 2.24) is 0 Å². The van der Waals surface area contributed by atoms with E-state index in [1.165, 1.54) is 30.5 Å². The van der Waals surface area contributed by atoms with E-state index in [-0.39, 0.29) is 16.7 Å². The minimum atomic E-state index is -0.0981. The van der Waals surface area contributed by atoms with E-state index in [0.29, 0.717) is 25.0 Å². The van der Waals surface area contributed by atoms with E-state index in [2.05, 4.69) is 39.0 Å². The molecule has 1 aliphatic heterocycles. The number of carbonyl (C=O) groups is 2. The van der Waals surface area contributed by atoms with Crippen molar-refractivity contribution in [1.29, 1.82) is 0 Å². The van der Waals surface area contributed by atoms with Crippen LogP contribution in [0.25, 0.3) is 0 Å². The van der Waals surface area contributed by atoms with Crippen LogP contribution in [0.15, 0.2) is 22.7 Å². The average molecular weight is 390 g/mol. The van der Waals surface area contributed by atoms with Crippen LogP contribution in [0.3, 0.4) is 0 Å². The van der Waals surface area contributed by atoms with Gasteiger partial charge in [0.2, 0.25) is 0 Å². The zero-order valence-corrected chi connectivity index (χ0v) is 15.8. The van der Waals surface area contributed by atoms with E-state index in [0.717, 1.165) is 23.9 Å². The predicted octanol–water partition coefficient (Wildman–Crippen LogP) is 4.55. The van der Waals surface area contributed by atoms with Gasteiger partial charge in [-0.3, -0.25) is 9.59 Å². The highest BCUT2D eigenvalue weighted by Gasteiger charge is 2.64. The molecule has 2 saturated carbocycles. The van der Waals surface area contributed by atoms with Crippen molar-refractivity contribution in [2.45, 2.75) is 69.2 Å². The van der Waals surface area contributed by atoms with Gasteiger partial charge in [0, 0.05) is 41.4 Å².